The zero-order chi connectivity index (χ0) is 10.1. The Labute approximate surface area is 86.9 Å². The highest BCUT2D eigenvalue weighted by Crippen LogP contribution is 2.30. The van der Waals surface area contributed by atoms with Gasteiger partial charge in [0.15, 0.2) is 5.56 Å². The summed E-state index contributed by atoms with van der Waals surface area (Å²) in [6.07, 6.45) is 0. The number of hydrogen-bond donors (Lipinski definition) is 0. The van der Waals surface area contributed by atoms with Gasteiger partial charge in [-0.25, -0.2) is 0 Å². The molecule has 0 bridgehead atoms. The van der Waals surface area contributed by atoms with Gasteiger partial charge in [0.25, 0.3) is 0 Å². The van der Waals surface area contributed by atoms with Gasteiger partial charge in [-0.2, -0.15) is 0 Å². The molecule has 1 radical (unpaired) electrons. The molecule has 13 heavy (non-hydrogen) atoms. The van der Waals surface area contributed by atoms with Crippen molar-refractivity contribution in [2.24, 2.45) is 10.4 Å². The molecule has 1 aliphatic heterocycles. The van der Waals surface area contributed by atoms with E-state index < -0.39 is 9.04 Å². The molecule has 75 valence electrons. The normalized spacial score (nSPS) is 23.8. The fourth-order valence-electron chi connectivity index (χ4n) is 1.02. The third-order valence-electron chi connectivity index (χ3n) is 1.83. The predicted octanol–water partition coefficient (Wildman–Crippen LogP) is 2.77. The highest BCUT2D eigenvalue weighted by Gasteiger charge is 2.27. The zero-order valence-corrected chi connectivity index (χ0v) is 10.9. The van der Waals surface area contributed by atoms with Crippen LogP contribution in [0.25, 0.3) is 0 Å². The number of hydrogen-bond acceptors (Lipinski definition) is 3. The summed E-state index contributed by atoms with van der Waals surface area (Å²) in [5, 5.41) is 0. The molecular weight excluding hydrogens is 198 g/mol. The second-order valence-electron chi connectivity index (χ2n) is 4.47. The third-order valence-corrected chi connectivity index (χ3v) is 3.62. The first-order valence-electron chi connectivity index (χ1n) is 4.55. The van der Waals surface area contributed by atoms with E-state index >= 15 is 0 Å². The maximum Gasteiger partial charge on any atom is 0.209 e. The molecule has 0 saturated heterocycles. The first kappa shape index (κ1) is 11.3. The van der Waals surface area contributed by atoms with Gasteiger partial charge in [0.2, 0.25) is 9.04 Å². The van der Waals surface area contributed by atoms with Gasteiger partial charge in [-0.05, 0) is 13.1 Å². The Bertz CT molecular complexity index is 210. The van der Waals surface area contributed by atoms with Crippen molar-refractivity contribution >= 4 is 26.5 Å². The van der Waals surface area contributed by atoms with Crippen molar-refractivity contribution in [3.63, 3.8) is 0 Å². The maximum atomic E-state index is 5.71. The summed E-state index contributed by atoms with van der Waals surface area (Å²) >= 11 is 1.81. The van der Waals surface area contributed by atoms with E-state index in [0.717, 1.165) is 5.75 Å². The molecular formula is C9H18NOSSi. The molecule has 1 rings (SSSR count). The SMILES string of the molecule is C[Si](C)OC1N=C(C(C)(C)C)CS1. The molecule has 0 aliphatic carbocycles. The van der Waals surface area contributed by atoms with Crippen LogP contribution in [-0.2, 0) is 4.43 Å². The topological polar surface area (TPSA) is 21.6 Å². The van der Waals surface area contributed by atoms with Crippen LogP contribution in [0.3, 0.4) is 0 Å². The average Bonchev–Trinajstić information content (AvgIpc) is 2.32. The summed E-state index contributed by atoms with van der Waals surface area (Å²) in [6, 6.07) is 0. The minimum Gasteiger partial charge on any atom is -0.388 e. The average molecular weight is 216 g/mol. The van der Waals surface area contributed by atoms with Crippen molar-refractivity contribution in [1.29, 1.82) is 0 Å². The number of thioether (sulfide) groups is 1. The van der Waals surface area contributed by atoms with Gasteiger partial charge >= 0.3 is 0 Å². The fraction of sp³-hybridized carbons (Fsp3) is 0.889. The van der Waals surface area contributed by atoms with E-state index in [1.54, 1.807) is 11.8 Å². The van der Waals surface area contributed by atoms with Gasteiger partial charge in [0, 0.05) is 16.9 Å². The van der Waals surface area contributed by atoms with E-state index in [-0.39, 0.29) is 11.0 Å². The van der Waals surface area contributed by atoms with Crippen molar-refractivity contribution in [2.75, 3.05) is 5.75 Å². The third kappa shape index (κ3) is 3.44. The van der Waals surface area contributed by atoms with Crippen LogP contribution >= 0.6 is 11.8 Å². The molecule has 0 amide bonds. The summed E-state index contributed by atoms with van der Waals surface area (Å²) in [4.78, 5) is 4.58. The lowest BCUT2D eigenvalue weighted by molar-refractivity contribution is 0.307. The van der Waals surface area contributed by atoms with E-state index in [9.17, 15) is 0 Å². The standard InChI is InChI=1S/C9H18NOSSi/c1-9(2,3)7-6-12-8(10-7)11-13(4)5/h8H,6H2,1-5H3. The Morgan fingerprint density at radius 3 is 2.46 bits per heavy atom. The van der Waals surface area contributed by atoms with Crippen LogP contribution in [0.1, 0.15) is 20.8 Å². The Hall–Kier alpha value is 0.197. The second-order valence-corrected chi connectivity index (χ2v) is 7.55. The van der Waals surface area contributed by atoms with Gasteiger partial charge in [-0.1, -0.05) is 20.8 Å². The van der Waals surface area contributed by atoms with Crippen LogP contribution in [0.2, 0.25) is 13.1 Å². The van der Waals surface area contributed by atoms with Crippen molar-refractivity contribution in [3.8, 4) is 0 Å². The highest BCUT2D eigenvalue weighted by atomic mass is 32.2. The molecule has 0 saturated carbocycles. The second kappa shape index (κ2) is 4.15. The molecule has 1 atom stereocenters. The van der Waals surface area contributed by atoms with Crippen molar-refractivity contribution < 1.29 is 4.43 Å². The first-order valence-corrected chi connectivity index (χ1v) is 8.01. The van der Waals surface area contributed by atoms with Gasteiger partial charge < -0.3 is 4.43 Å². The first-order chi connectivity index (χ1) is 5.89. The lowest BCUT2D eigenvalue weighted by atomic mass is 9.91. The maximum absolute atomic E-state index is 5.71. The van der Waals surface area contributed by atoms with Crippen molar-refractivity contribution in [1.82, 2.24) is 0 Å². The number of nitrogens with zero attached hydrogens (tertiary/aromatic N) is 1. The number of rotatable bonds is 2. The Morgan fingerprint density at radius 1 is 1.46 bits per heavy atom. The molecule has 0 aromatic rings. The summed E-state index contributed by atoms with van der Waals surface area (Å²) < 4.78 is 5.71. The largest absolute Gasteiger partial charge is 0.388 e. The molecule has 1 heterocycles. The number of aliphatic imine (C=N–C) groups is 1. The molecule has 0 fully saturated rings. The fourth-order valence-corrected chi connectivity index (χ4v) is 3.34. The van der Waals surface area contributed by atoms with Crippen LogP contribution in [0.15, 0.2) is 4.99 Å². The lowest BCUT2D eigenvalue weighted by Gasteiger charge is -2.17. The van der Waals surface area contributed by atoms with E-state index in [0.29, 0.717) is 0 Å². The molecule has 2 nitrogen and oxygen atoms in total. The molecule has 0 aromatic heterocycles. The van der Waals surface area contributed by atoms with Crippen LogP contribution in [0.4, 0.5) is 0 Å². The molecule has 0 N–H and O–H groups in total. The molecule has 1 unspecified atom stereocenters. The van der Waals surface area contributed by atoms with Gasteiger partial charge in [-0.3, -0.25) is 4.99 Å². The van der Waals surface area contributed by atoms with Crippen LogP contribution in [0, 0.1) is 5.41 Å². The molecule has 0 aromatic carbocycles. The van der Waals surface area contributed by atoms with E-state index in [1.807, 2.05) is 0 Å². The molecule has 1 aliphatic rings. The lowest BCUT2D eigenvalue weighted by Crippen LogP contribution is -2.20. The summed E-state index contributed by atoms with van der Waals surface area (Å²) in [5.41, 5.74) is 1.57. The van der Waals surface area contributed by atoms with Crippen LogP contribution in [-0.4, -0.2) is 26.1 Å². The molecule has 0 spiro atoms. The van der Waals surface area contributed by atoms with E-state index in [2.05, 4.69) is 38.9 Å². The van der Waals surface area contributed by atoms with Gasteiger partial charge in [0.1, 0.15) is 0 Å². The quantitative estimate of drug-likeness (QED) is 0.662. The summed E-state index contributed by atoms with van der Waals surface area (Å²) in [7, 11) is -0.614. The molecule has 4 heteroatoms. The van der Waals surface area contributed by atoms with Gasteiger partial charge in [0.05, 0.1) is 0 Å². The van der Waals surface area contributed by atoms with Crippen molar-refractivity contribution in [3.05, 3.63) is 0 Å². The Kier molecular flexibility index (Phi) is 3.60. The zero-order valence-electron chi connectivity index (χ0n) is 9.05. The highest BCUT2D eigenvalue weighted by molar-refractivity contribution is 8.00. The summed E-state index contributed by atoms with van der Waals surface area (Å²) in [5.74, 6) is 1.03. The van der Waals surface area contributed by atoms with Crippen LogP contribution < -0.4 is 0 Å². The van der Waals surface area contributed by atoms with Gasteiger partial charge in [-0.15, -0.1) is 11.8 Å². The van der Waals surface area contributed by atoms with Crippen LogP contribution in [0.5, 0.6) is 0 Å². The predicted molar refractivity (Wildman–Crippen MR) is 61.7 cm³/mol. The monoisotopic (exact) mass is 216 g/mol. The minimum atomic E-state index is -0.614. The Balaban J connectivity index is 2.54. The van der Waals surface area contributed by atoms with Crippen molar-refractivity contribution in [2.45, 2.75) is 39.4 Å². The Morgan fingerprint density at radius 2 is 2.08 bits per heavy atom. The van der Waals surface area contributed by atoms with E-state index in [1.165, 1.54) is 5.71 Å². The minimum absolute atomic E-state index is 0.0816. The smallest absolute Gasteiger partial charge is 0.209 e. The van der Waals surface area contributed by atoms with E-state index in [4.69, 9.17) is 4.43 Å². The summed E-state index contributed by atoms with van der Waals surface area (Å²) in [6.45, 7) is 10.9.